The molecule has 9 aromatic rings. The second-order valence-corrected chi connectivity index (χ2v) is 15.1. The Morgan fingerprint density at radius 1 is 0.500 bits per heavy atom. The van der Waals surface area contributed by atoms with Gasteiger partial charge in [-0.05, 0) is 69.8 Å². The molecule has 0 radical (unpaired) electrons. The smallest absolute Gasteiger partial charge is 0.164 e. The van der Waals surface area contributed by atoms with Crippen LogP contribution in [0.1, 0.15) is 27.9 Å². The van der Waals surface area contributed by atoms with Gasteiger partial charge >= 0.3 is 0 Å². The first-order valence-corrected chi connectivity index (χ1v) is 20.4. The van der Waals surface area contributed by atoms with Gasteiger partial charge in [0.05, 0.1) is 28.2 Å². The van der Waals surface area contributed by atoms with Crippen molar-refractivity contribution >= 4 is 11.9 Å². The Labute approximate surface area is 359 Å². The summed E-state index contributed by atoms with van der Waals surface area (Å²) in [5.74, 6) is 3.36. The molecule has 0 N–H and O–H groups in total. The number of pyridine rings is 2. The van der Waals surface area contributed by atoms with E-state index >= 15 is 0 Å². The average Bonchev–Trinajstić information content (AvgIpc) is 3.64. The molecule has 7 heteroatoms. The summed E-state index contributed by atoms with van der Waals surface area (Å²) >= 11 is 0. The predicted octanol–water partition coefficient (Wildman–Crippen LogP) is 12.7. The first-order chi connectivity index (χ1) is 30.6. The molecule has 1 aliphatic heterocycles. The van der Waals surface area contributed by atoms with Crippen LogP contribution < -0.4 is 4.74 Å². The van der Waals surface area contributed by atoms with E-state index in [1.807, 2.05) is 91.0 Å². The van der Waals surface area contributed by atoms with Crippen molar-refractivity contribution in [2.75, 3.05) is 0 Å². The fourth-order valence-electron chi connectivity index (χ4n) is 9.03. The molecule has 7 nitrogen and oxygen atoms in total. The number of ether oxygens (including phenoxy) is 1. The lowest BCUT2D eigenvalue weighted by molar-refractivity contribution is 0.436. The number of hydrogen-bond donors (Lipinski definition) is 0. The lowest BCUT2D eigenvalue weighted by Crippen LogP contribution is -2.32. The van der Waals surface area contributed by atoms with Crippen molar-refractivity contribution in [3.8, 4) is 79.3 Å². The minimum atomic E-state index is -0.767. The molecule has 1 aliphatic carbocycles. The molecular formula is C55H36N6O. The van der Waals surface area contributed by atoms with E-state index in [1.54, 1.807) is 18.5 Å². The van der Waals surface area contributed by atoms with Crippen LogP contribution >= 0.6 is 0 Å². The maximum atomic E-state index is 6.71. The van der Waals surface area contributed by atoms with Crippen molar-refractivity contribution in [2.24, 2.45) is 4.99 Å². The summed E-state index contributed by atoms with van der Waals surface area (Å²) in [4.78, 5) is 30.0. The summed E-state index contributed by atoms with van der Waals surface area (Å²) in [6.07, 6.45) is 5.04. The fourth-order valence-corrected chi connectivity index (χ4v) is 9.03. The molecule has 6 aromatic carbocycles. The van der Waals surface area contributed by atoms with Crippen molar-refractivity contribution in [1.29, 1.82) is 0 Å². The van der Waals surface area contributed by atoms with Gasteiger partial charge in [0.2, 0.25) is 0 Å². The zero-order chi connectivity index (χ0) is 41.6. The van der Waals surface area contributed by atoms with Crippen molar-refractivity contribution in [3.63, 3.8) is 0 Å². The third-order valence-electron chi connectivity index (χ3n) is 11.6. The lowest BCUT2D eigenvalue weighted by atomic mass is 9.66. The van der Waals surface area contributed by atoms with Gasteiger partial charge in [0.1, 0.15) is 11.5 Å². The Morgan fingerprint density at radius 2 is 1.05 bits per heavy atom. The normalized spacial score (nSPS) is 12.8. The highest BCUT2D eigenvalue weighted by molar-refractivity contribution is 6.02. The van der Waals surface area contributed by atoms with E-state index in [-0.39, 0.29) is 0 Å². The molecule has 292 valence electrons. The van der Waals surface area contributed by atoms with Crippen molar-refractivity contribution in [2.45, 2.75) is 5.41 Å². The minimum Gasteiger partial charge on any atom is -0.457 e. The van der Waals surface area contributed by atoms with Gasteiger partial charge in [-0.25, -0.2) is 19.9 Å². The van der Waals surface area contributed by atoms with Crippen LogP contribution in [0.2, 0.25) is 0 Å². The van der Waals surface area contributed by atoms with Crippen molar-refractivity contribution < 1.29 is 4.74 Å². The second kappa shape index (κ2) is 15.0. The molecule has 0 saturated carbocycles. The third kappa shape index (κ3) is 5.90. The number of aliphatic imine (C=N–C) groups is 1. The van der Waals surface area contributed by atoms with E-state index in [9.17, 15) is 0 Å². The molecule has 0 unspecified atom stereocenters. The van der Waals surface area contributed by atoms with E-state index < -0.39 is 5.41 Å². The van der Waals surface area contributed by atoms with E-state index in [1.165, 1.54) is 0 Å². The van der Waals surface area contributed by atoms with Gasteiger partial charge in [0.25, 0.3) is 0 Å². The Morgan fingerprint density at radius 3 is 1.66 bits per heavy atom. The second-order valence-electron chi connectivity index (χ2n) is 15.1. The third-order valence-corrected chi connectivity index (χ3v) is 11.6. The fraction of sp³-hybridized carbons (Fsp3) is 0.0182. The van der Waals surface area contributed by atoms with Crippen LogP contribution in [-0.2, 0) is 5.41 Å². The van der Waals surface area contributed by atoms with Gasteiger partial charge in [-0.15, -0.1) is 0 Å². The predicted molar refractivity (Wildman–Crippen MR) is 248 cm³/mol. The molecular weight excluding hydrogens is 761 g/mol. The number of hydrogen-bond acceptors (Lipinski definition) is 7. The first kappa shape index (κ1) is 36.6. The Hall–Kier alpha value is -8.42. The Bertz CT molecular complexity index is 3150. The number of para-hydroxylation sites is 2. The lowest BCUT2D eigenvalue weighted by Gasteiger charge is -2.39. The van der Waals surface area contributed by atoms with Crippen LogP contribution in [0.4, 0.5) is 0 Å². The van der Waals surface area contributed by atoms with Crippen LogP contribution in [0.5, 0.6) is 11.5 Å². The number of allylic oxidation sites excluding steroid dienone is 1. The summed E-state index contributed by atoms with van der Waals surface area (Å²) in [6.45, 7) is 8.14. The maximum Gasteiger partial charge on any atom is 0.164 e. The number of nitrogens with zero attached hydrogens (tertiary/aromatic N) is 6. The van der Waals surface area contributed by atoms with E-state index in [2.05, 4.69) is 103 Å². The van der Waals surface area contributed by atoms with Crippen LogP contribution in [0.25, 0.3) is 73.5 Å². The monoisotopic (exact) mass is 796 g/mol. The SMILES string of the molecule is C=C/C=N\C(=C)c1cc(-c2cccc3c2-c2c(-c4nc(-c5ccccc5)nc(-c5ccccc5)n4)cccc2C32c3ccccc3Oc3ccccc32)cc(-c2ccccn2)n1. The van der Waals surface area contributed by atoms with Crippen LogP contribution in [0.3, 0.4) is 0 Å². The zero-order valence-corrected chi connectivity index (χ0v) is 33.5. The molecule has 0 saturated heterocycles. The zero-order valence-electron chi connectivity index (χ0n) is 33.5. The Balaban J connectivity index is 1.26. The van der Waals surface area contributed by atoms with Crippen LogP contribution in [0.15, 0.2) is 206 Å². The maximum absolute atomic E-state index is 6.71. The summed E-state index contributed by atoms with van der Waals surface area (Å²) in [7, 11) is 0. The molecule has 1 spiro atoms. The molecule has 0 atom stereocenters. The molecule has 62 heavy (non-hydrogen) atoms. The standard InChI is InChI=1S/C55H36N6O/c1-3-31-56-35(2)46-33-38(34-47(58-46)45-28-14-15-32-57-45)39-22-16-26-43-50(39)51-40(54-60-52(36-18-6-4-7-19-36)59-53(61-54)37-20-8-5-9-21-37)23-17-27-44(51)55(43)41-24-10-12-29-48(41)62-49-30-13-11-25-42(49)55/h3-34H,1-2H2/b56-31-. The highest BCUT2D eigenvalue weighted by atomic mass is 16.5. The van der Waals surface area contributed by atoms with Gasteiger partial charge in [-0.3, -0.25) is 9.98 Å². The quantitative estimate of drug-likeness (QED) is 0.142. The van der Waals surface area contributed by atoms with Crippen LogP contribution in [-0.4, -0.2) is 31.1 Å². The van der Waals surface area contributed by atoms with Gasteiger partial charge < -0.3 is 4.74 Å². The van der Waals surface area contributed by atoms with Gasteiger partial charge in [0, 0.05) is 40.2 Å². The molecule has 0 bridgehead atoms. The minimum absolute atomic E-state index is 0.508. The molecule has 11 rings (SSSR count). The summed E-state index contributed by atoms with van der Waals surface area (Å²) < 4.78 is 6.71. The number of benzene rings is 6. The molecule has 2 aliphatic rings. The number of rotatable bonds is 8. The number of fused-ring (bicyclic) bond motifs is 9. The summed E-state index contributed by atoms with van der Waals surface area (Å²) in [5.41, 5.74) is 12.8. The highest BCUT2D eigenvalue weighted by Crippen LogP contribution is 2.64. The van der Waals surface area contributed by atoms with E-state index in [4.69, 9.17) is 29.7 Å². The molecule has 0 fully saturated rings. The first-order valence-electron chi connectivity index (χ1n) is 20.4. The molecule has 4 heterocycles. The molecule has 0 amide bonds. The summed E-state index contributed by atoms with van der Waals surface area (Å²) in [6, 6.07) is 60.1. The van der Waals surface area contributed by atoms with E-state index in [0.717, 1.165) is 78.4 Å². The van der Waals surface area contributed by atoms with Gasteiger partial charge in [-0.2, -0.15) is 0 Å². The van der Waals surface area contributed by atoms with Crippen molar-refractivity contribution in [1.82, 2.24) is 24.9 Å². The molecule has 3 aromatic heterocycles. The summed E-state index contributed by atoms with van der Waals surface area (Å²) in [5, 5.41) is 0. The van der Waals surface area contributed by atoms with Gasteiger partial charge in [-0.1, -0.05) is 159 Å². The van der Waals surface area contributed by atoms with E-state index in [0.29, 0.717) is 34.6 Å². The number of aromatic nitrogens is 5. The van der Waals surface area contributed by atoms with Crippen LogP contribution in [0, 0.1) is 0 Å². The van der Waals surface area contributed by atoms with Gasteiger partial charge in [0.15, 0.2) is 17.5 Å². The Kier molecular flexibility index (Phi) is 8.86. The largest absolute Gasteiger partial charge is 0.457 e. The van der Waals surface area contributed by atoms with Crippen molar-refractivity contribution in [3.05, 3.63) is 229 Å². The topological polar surface area (TPSA) is 86.0 Å². The highest BCUT2D eigenvalue weighted by Gasteiger charge is 2.52. The average molecular weight is 797 g/mol.